The van der Waals surface area contributed by atoms with Gasteiger partial charge in [0.25, 0.3) is 0 Å². The number of nitrogens with zero attached hydrogens (tertiary/aromatic N) is 1. The molecule has 0 aromatic heterocycles. The second kappa shape index (κ2) is 8.55. The van der Waals surface area contributed by atoms with Crippen LogP contribution in [0.1, 0.15) is 20.3 Å². The van der Waals surface area contributed by atoms with Gasteiger partial charge < -0.3 is 10.6 Å². The average molecular weight is 315 g/mol. The minimum Gasteiger partial charge on any atom is -0.345 e. The van der Waals surface area contributed by atoms with Crippen molar-refractivity contribution >= 4 is 29.3 Å². The molecule has 5 heteroatoms. The zero-order valence-corrected chi connectivity index (χ0v) is 13.9. The van der Waals surface area contributed by atoms with Gasteiger partial charge in [0.15, 0.2) is 0 Å². The molecule has 1 atom stereocenters. The second-order valence-electron chi connectivity index (χ2n) is 5.25. The SMILES string of the molecule is CC(C)C(N)CCN(C)C(=O)CSc1ccc(Cl)cc1. The lowest BCUT2D eigenvalue weighted by Gasteiger charge is -2.21. The number of thioether (sulfide) groups is 1. The molecule has 0 fully saturated rings. The molecule has 0 saturated carbocycles. The second-order valence-corrected chi connectivity index (χ2v) is 6.74. The van der Waals surface area contributed by atoms with Crippen LogP contribution < -0.4 is 5.73 Å². The summed E-state index contributed by atoms with van der Waals surface area (Å²) in [5, 5.41) is 0.709. The van der Waals surface area contributed by atoms with Crippen molar-refractivity contribution in [3.8, 4) is 0 Å². The van der Waals surface area contributed by atoms with Gasteiger partial charge in [0, 0.05) is 29.6 Å². The van der Waals surface area contributed by atoms with Gasteiger partial charge >= 0.3 is 0 Å². The summed E-state index contributed by atoms with van der Waals surface area (Å²) in [7, 11) is 1.83. The normalized spacial score (nSPS) is 12.5. The third-order valence-electron chi connectivity index (χ3n) is 3.26. The highest BCUT2D eigenvalue weighted by molar-refractivity contribution is 8.00. The third-order valence-corrected chi connectivity index (χ3v) is 4.50. The molecule has 2 N–H and O–H groups in total. The van der Waals surface area contributed by atoms with Gasteiger partial charge in [0.1, 0.15) is 0 Å². The fourth-order valence-corrected chi connectivity index (χ4v) is 2.55. The Bertz CT molecular complexity index is 422. The largest absolute Gasteiger partial charge is 0.345 e. The Balaban J connectivity index is 2.33. The number of carbonyl (C=O) groups excluding carboxylic acids is 1. The van der Waals surface area contributed by atoms with E-state index < -0.39 is 0 Å². The lowest BCUT2D eigenvalue weighted by Crippen LogP contribution is -2.35. The minimum absolute atomic E-state index is 0.126. The van der Waals surface area contributed by atoms with Crippen LogP contribution in [-0.2, 0) is 4.79 Å². The Morgan fingerprint density at radius 1 is 1.35 bits per heavy atom. The van der Waals surface area contributed by atoms with Crippen molar-refractivity contribution < 1.29 is 4.79 Å². The standard InChI is InChI=1S/C15H23ClN2OS/c1-11(2)14(17)8-9-18(3)15(19)10-20-13-6-4-12(16)5-7-13/h4-7,11,14H,8-10,17H2,1-3H3. The van der Waals surface area contributed by atoms with Crippen LogP contribution in [0.2, 0.25) is 5.02 Å². The van der Waals surface area contributed by atoms with Gasteiger partial charge in [-0.2, -0.15) is 0 Å². The average Bonchev–Trinajstić information content (AvgIpc) is 2.43. The summed E-state index contributed by atoms with van der Waals surface area (Å²) >= 11 is 7.35. The molecular weight excluding hydrogens is 292 g/mol. The lowest BCUT2D eigenvalue weighted by molar-refractivity contribution is -0.127. The van der Waals surface area contributed by atoms with E-state index in [1.807, 2.05) is 31.3 Å². The number of carbonyl (C=O) groups is 1. The Morgan fingerprint density at radius 2 is 1.95 bits per heavy atom. The third kappa shape index (κ3) is 6.16. The monoisotopic (exact) mass is 314 g/mol. The first-order valence-corrected chi connectivity index (χ1v) is 8.14. The molecule has 0 saturated heterocycles. The first-order valence-electron chi connectivity index (χ1n) is 6.78. The van der Waals surface area contributed by atoms with E-state index in [2.05, 4.69) is 13.8 Å². The van der Waals surface area contributed by atoms with Crippen molar-refractivity contribution in [2.24, 2.45) is 11.7 Å². The molecule has 112 valence electrons. The van der Waals surface area contributed by atoms with Crippen molar-refractivity contribution in [2.45, 2.75) is 31.2 Å². The molecule has 0 aliphatic heterocycles. The van der Waals surface area contributed by atoms with E-state index in [-0.39, 0.29) is 11.9 Å². The number of hydrogen-bond donors (Lipinski definition) is 1. The zero-order valence-electron chi connectivity index (χ0n) is 12.3. The number of rotatable bonds is 7. The Kier molecular flexibility index (Phi) is 7.41. The summed E-state index contributed by atoms with van der Waals surface area (Å²) in [5.74, 6) is 1.01. The number of benzene rings is 1. The quantitative estimate of drug-likeness (QED) is 0.786. The van der Waals surface area contributed by atoms with Gasteiger partial charge in [-0.25, -0.2) is 0 Å². The van der Waals surface area contributed by atoms with Crippen LogP contribution in [0.4, 0.5) is 0 Å². The molecule has 0 radical (unpaired) electrons. The molecule has 0 spiro atoms. The zero-order chi connectivity index (χ0) is 15.1. The number of amides is 1. The summed E-state index contributed by atoms with van der Waals surface area (Å²) in [6, 6.07) is 7.66. The van der Waals surface area contributed by atoms with Gasteiger partial charge in [-0.3, -0.25) is 4.79 Å². The van der Waals surface area contributed by atoms with Gasteiger partial charge in [-0.05, 0) is 36.6 Å². The maximum Gasteiger partial charge on any atom is 0.232 e. The van der Waals surface area contributed by atoms with Crippen molar-refractivity contribution in [3.05, 3.63) is 29.3 Å². The van der Waals surface area contributed by atoms with E-state index in [0.717, 1.165) is 11.3 Å². The molecule has 0 aliphatic rings. The molecule has 1 unspecified atom stereocenters. The molecule has 0 heterocycles. The highest BCUT2D eigenvalue weighted by Crippen LogP contribution is 2.20. The molecular formula is C15H23ClN2OS. The van der Waals surface area contributed by atoms with Crippen molar-refractivity contribution in [1.29, 1.82) is 0 Å². The number of hydrogen-bond acceptors (Lipinski definition) is 3. The van der Waals surface area contributed by atoms with Crippen molar-refractivity contribution in [1.82, 2.24) is 4.90 Å². The van der Waals surface area contributed by atoms with Crippen LogP contribution >= 0.6 is 23.4 Å². The molecule has 0 aliphatic carbocycles. The van der Waals surface area contributed by atoms with Crippen LogP contribution in [0.3, 0.4) is 0 Å². The Hall–Kier alpha value is -0.710. The van der Waals surface area contributed by atoms with Crippen LogP contribution in [0.25, 0.3) is 0 Å². The fourth-order valence-electron chi connectivity index (χ4n) is 1.59. The van der Waals surface area contributed by atoms with E-state index in [1.54, 1.807) is 4.90 Å². The van der Waals surface area contributed by atoms with Gasteiger partial charge in [0.05, 0.1) is 5.75 Å². The summed E-state index contributed by atoms with van der Waals surface area (Å²) < 4.78 is 0. The highest BCUT2D eigenvalue weighted by atomic mass is 35.5. The fraction of sp³-hybridized carbons (Fsp3) is 0.533. The van der Waals surface area contributed by atoms with Crippen molar-refractivity contribution in [2.75, 3.05) is 19.3 Å². The maximum absolute atomic E-state index is 12.0. The summed E-state index contributed by atoms with van der Waals surface area (Å²) in [6.45, 7) is 4.91. The van der Waals surface area contributed by atoms with Crippen molar-refractivity contribution in [3.63, 3.8) is 0 Å². The van der Waals surface area contributed by atoms with E-state index in [1.165, 1.54) is 11.8 Å². The molecule has 20 heavy (non-hydrogen) atoms. The van der Waals surface area contributed by atoms with Gasteiger partial charge in [-0.15, -0.1) is 11.8 Å². The summed E-state index contributed by atoms with van der Waals surface area (Å²) in [6.07, 6.45) is 0.839. The lowest BCUT2D eigenvalue weighted by atomic mass is 10.0. The minimum atomic E-state index is 0.126. The van der Waals surface area contributed by atoms with Gasteiger partial charge in [-0.1, -0.05) is 25.4 Å². The highest BCUT2D eigenvalue weighted by Gasteiger charge is 2.13. The van der Waals surface area contributed by atoms with E-state index >= 15 is 0 Å². The van der Waals surface area contributed by atoms with E-state index in [0.29, 0.717) is 23.2 Å². The smallest absolute Gasteiger partial charge is 0.232 e. The van der Waals surface area contributed by atoms with Crippen LogP contribution in [0.15, 0.2) is 29.2 Å². The van der Waals surface area contributed by atoms with Gasteiger partial charge in [0.2, 0.25) is 5.91 Å². The van der Waals surface area contributed by atoms with Crippen LogP contribution in [-0.4, -0.2) is 36.2 Å². The summed E-state index contributed by atoms with van der Waals surface area (Å²) in [4.78, 5) is 14.8. The molecule has 1 amide bonds. The molecule has 1 aromatic carbocycles. The maximum atomic E-state index is 12.0. The topological polar surface area (TPSA) is 46.3 Å². The Morgan fingerprint density at radius 3 is 2.50 bits per heavy atom. The predicted octanol–water partition coefficient (Wildman–Crippen LogP) is 3.26. The van der Waals surface area contributed by atoms with E-state index in [9.17, 15) is 4.79 Å². The Labute approximate surface area is 130 Å². The molecule has 1 aromatic rings. The number of halogens is 1. The van der Waals surface area contributed by atoms with E-state index in [4.69, 9.17) is 17.3 Å². The van der Waals surface area contributed by atoms with Crippen LogP contribution in [0, 0.1) is 5.92 Å². The molecule has 1 rings (SSSR count). The predicted molar refractivity (Wildman–Crippen MR) is 87.2 cm³/mol. The first-order chi connectivity index (χ1) is 9.40. The molecule has 3 nitrogen and oxygen atoms in total. The number of nitrogens with two attached hydrogens (primary N) is 1. The first kappa shape index (κ1) is 17.3. The van der Waals surface area contributed by atoms with Crippen LogP contribution in [0.5, 0.6) is 0 Å². The molecule has 0 bridgehead atoms. The summed E-state index contributed by atoms with van der Waals surface area (Å²) in [5.41, 5.74) is 5.99.